The van der Waals surface area contributed by atoms with Gasteiger partial charge in [-0.1, -0.05) is 22.0 Å². The topological polar surface area (TPSA) is 55.6 Å². The second-order valence-corrected chi connectivity index (χ2v) is 5.20. The summed E-state index contributed by atoms with van der Waals surface area (Å²) >= 11 is 3.41. The number of ether oxygens (including phenoxy) is 1. The van der Waals surface area contributed by atoms with E-state index in [0.29, 0.717) is 13.0 Å². The molecule has 104 valence electrons. The summed E-state index contributed by atoms with van der Waals surface area (Å²) in [6.45, 7) is 4.04. The molecule has 0 aliphatic carbocycles. The Kier molecular flexibility index (Phi) is 6.05. The first-order chi connectivity index (χ1) is 8.99. The molecule has 4 nitrogen and oxygen atoms in total. The molecule has 0 fully saturated rings. The Morgan fingerprint density at radius 3 is 2.89 bits per heavy atom. The molecule has 2 N–H and O–H groups in total. The van der Waals surface area contributed by atoms with E-state index in [2.05, 4.69) is 22.5 Å². The van der Waals surface area contributed by atoms with Gasteiger partial charge in [0.15, 0.2) is 0 Å². The van der Waals surface area contributed by atoms with Gasteiger partial charge in [0.25, 0.3) is 0 Å². The van der Waals surface area contributed by atoms with Crippen LogP contribution in [0.5, 0.6) is 5.75 Å². The van der Waals surface area contributed by atoms with Gasteiger partial charge in [-0.2, -0.15) is 0 Å². The van der Waals surface area contributed by atoms with E-state index in [4.69, 9.17) is 10.5 Å². The summed E-state index contributed by atoms with van der Waals surface area (Å²) in [4.78, 5) is 13.6. The van der Waals surface area contributed by atoms with Crippen LogP contribution in [0.2, 0.25) is 0 Å². The maximum absolute atomic E-state index is 12.0. The molecule has 19 heavy (non-hydrogen) atoms. The average molecular weight is 327 g/mol. The summed E-state index contributed by atoms with van der Waals surface area (Å²) in [7, 11) is 3.34. The average Bonchev–Trinajstić information content (AvgIpc) is 2.38. The lowest BCUT2D eigenvalue weighted by atomic mass is 10.1. The van der Waals surface area contributed by atoms with E-state index >= 15 is 0 Å². The number of rotatable bonds is 6. The van der Waals surface area contributed by atoms with Crippen molar-refractivity contribution in [3.8, 4) is 5.75 Å². The number of carbonyl (C=O) groups is 1. The van der Waals surface area contributed by atoms with Crippen LogP contribution in [-0.4, -0.2) is 31.0 Å². The molecule has 1 aromatic carbocycles. The van der Waals surface area contributed by atoms with Crippen molar-refractivity contribution in [3.05, 3.63) is 40.9 Å². The monoisotopic (exact) mass is 326 g/mol. The zero-order chi connectivity index (χ0) is 14.4. The van der Waals surface area contributed by atoms with Gasteiger partial charge in [0.05, 0.1) is 13.2 Å². The van der Waals surface area contributed by atoms with Crippen LogP contribution in [-0.2, 0) is 11.3 Å². The van der Waals surface area contributed by atoms with Crippen LogP contribution < -0.4 is 10.5 Å². The van der Waals surface area contributed by atoms with E-state index in [9.17, 15) is 4.79 Å². The summed E-state index contributed by atoms with van der Waals surface area (Å²) in [6.07, 6.45) is 2.12. The van der Waals surface area contributed by atoms with Gasteiger partial charge >= 0.3 is 0 Å². The highest BCUT2D eigenvalue weighted by molar-refractivity contribution is 9.10. The SMILES string of the molecule is C=CCC(N)C(=O)N(C)Cc1cc(Br)ccc1OC. The molecule has 0 aromatic heterocycles. The third-order valence-electron chi connectivity index (χ3n) is 2.76. The normalized spacial score (nSPS) is 11.8. The van der Waals surface area contributed by atoms with E-state index in [-0.39, 0.29) is 5.91 Å². The molecular weight excluding hydrogens is 308 g/mol. The lowest BCUT2D eigenvalue weighted by Gasteiger charge is -2.22. The lowest BCUT2D eigenvalue weighted by Crippen LogP contribution is -2.41. The minimum absolute atomic E-state index is 0.109. The summed E-state index contributed by atoms with van der Waals surface area (Å²) in [5, 5.41) is 0. The van der Waals surface area contributed by atoms with Gasteiger partial charge in [0.1, 0.15) is 5.75 Å². The molecule has 1 rings (SSSR count). The van der Waals surface area contributed by atoms with Crippen LogP contribution in [0, 0.1) is 0 Å². The van der Waals surface area contributed by atoms with Crippen molar-refractivity contribution in [2.45, 2.75) is 19.0 Å². The summed E-state index contributed by atoms with van der Waals surface area (Å²) in [5.41, 5.74) is 6.71. The predicted molar refractivity (Wildman–Crippen MR) is 80.0 cm³/mol. The Morgan fingerprint density at radius 2 is 2.32 bits per heavy atom. The number of hydrogen-bond donors (Lipinski definition) is 1. The molecule has 0 aliphatic rings. The fourth-order valence-electron chi connectivity index (χ4n) is 1.77. The molecule has 0 saturated carbocycles. The van der Waals surface area contributed by atoms with E-state index in [1.54, 1.807) is 25.1 Å². The van der Waals surface area contributed by atoms with Crippen LogP contribution in [0.25, 0.3) is 0 Å². The number of likely N-dealkylation sites (N-methyl/N-ethyl adjacent to an activating group) is 1. The second-order valence-electron chi connectivity index (χ2n) is 4.28. The smallest absolute Gasteiger partial charge is 0.239 e. The second kappa shape index (κ2) is 7.31. The van der Waals surface area contributed by atoms with Crippen LogP contribution >= 0.6 is 15.9 Å². The Balaban J connectivity index is 2.81. The van der Waals surface area contributed by atoms with Crippen LogP contribution in [0.15, 0.2) is 35.3 Å². The van der Waals surface area contributed by atoms with Gasteiger partial charge < -0.3 is 15.4 Å². The largest absolute Gasteiger partial charge is 0.496 e. The molecule has 1 unspecified atom stereocenters. The minimum Gasteiger partial charge on any atom is -0.496 e. The number of hydrogen-bond acceptors (Lipinski definition) is 3. The molecule has 1 amide bonds. The maximum atomic E-state index is 12.0. The minimum atomic E-state index is -0.541. The first kappa shape index (κ1) is 15.7. The van der Waals surface area contributed by atoms with Crippen molar-refractivity contribution in [1.82, 2.24) is 4.90 Å². The molecular formula is C14H19BrN2O2. The standard InChI is InChI=1S/C14H19BrN2O2/c1-4-5-12(16)14(18)17(2)9-10-8-11(15)6-7-13(10)19-3/h4,6-8,12H,1,5,9,16H2,2-3H3. The number of amides is 1. The van der Waals surface area contributed by atoms with Crippen molar-refractivity contribution >= 4 is 21.8 Å². The third kappa shape index (κ3) is 4.36. The molecule has 0 radical (unpaired) electrons. The maximum Gasteiger partial charge on any atom is 0.239 e. The van der Waals surface area contributed by atoms with Crippen molar-refractivity contribution in [2.24, 2.45) is 5.73 Å². The Labute approximate surface area is 122 Å². The van der Waals surface area contributed by atoms with E-state index in [0.717, 1.165) is 15.8 Å². The fourth-order valence-corrected chi connectivity index (χ4v) is 2.18. The Hall–Kier alpha value is -1.33. The zero-order valence-electron chi connectivity index (χ0n) is 11.2. The summed E-state index contributed by atoms with van der Waals surface area (Å²) in [6, 6.07) is 5.15. The van der Waals surface area contributed by atoms with Crippen molar-refractivity contribution in [1.29, 1.82) is 0 Å². The Bertz CT molecular complexity index is 463. The first-order valence-electron chi connectivity index (χ1n) is 5.93. The van der Waals surface area contributed by atoms with Crippen LogP contribution in [0.4, 0.5) is 0 Å². The molecule has 0 spiro atoms. The molecule has 5 heteroatoms. The number of methoxy groups -OCH3 is 1. The van der Waals surface area contributed by atoms with Gasteiger partial charge in [0.2, 0.25) is 5.91 Å². The zero-order valence-corrected chi connectivity index (χ0v) is 12.8. The molecule has 0 aliphatic heterocycles. The Morgan fingerprint density at radius 1 is 1.63 bits per heavy atom. The molecule has 1 aromatic rings. The van der Waals surface area contributed by atoms with Gasteiger partial charge in [-0.05, 0) is 24.6 Å². The van der Waals surface area contributed by atoms with Gasteiger partial charge in [-0.25, -0.2) is 0 Å². The summed E-state index contributed by atoms with van der Waals surface area (Å²) in [5.74, 6) is 0.641. The fraction of sp³-hybridized carbons (Fsp3) is 0.357. The molecule has 0 heterocycles. The number of nitrogens with zero attached hydrogens (tertiary/aromatic N) is 1. The summed E-state index contributed by atoms with van der Waals surface area (Å²) < 4.78 is 6.23. The van der Waals surface area contributed by atoms with Gasteiger partial charge in [-0.15, -0.1) is 6.58 Å². The highest BCUT2D eigenvalue weighted by atomic mass is 79.9. The van der Waals surface area contributed by atoms with E-state index < -0.39 is 6.04 Å². The quantitative estimate of drug-likeness (QED) is 0.816. The van der Waals surface area contributed by atoms with Crippen molar-refractivity contribution in [3.63, 3.8) is 0 Å². The first-order valence-corrected chi connectivity index (χ1v) is 6.72. The van der Waals surface area contributed by atoms with Gasteiger partial charge in [0, 0.05) is 23.6 Å². The number of nitrogens with two attached hydrogens (primary N) is 1. The molecule has 1 atom stereocenters. The third-order valence-corrected chi connectivity index (χ3v) is 3.26. The number of halogens is 1. The van der Waals surface area contributed by atoms with Crippen LogP contribution in [0.3, 0.4) is 0 Å². The predicted octanol–water partition coefficient (Wildman–Crippen LogP) is 2.32. The van der Waals surface area contributed by atoms with Gasteiger partial charge in [-0.3, -0.25) is 4.79 Å². The highest BCUT2D eigenvalue weighted by Crippen LogP contribution is 2.24. The lowest BCUT2D eigenvalue weighted by molar-refractivity contribution is -0.131. The highest BCUT2D eigenvalue weighted by Gasteiger charge is 2.18. The molecule has 0 saturated heterocycles. The molecule has 0 bridgehead atoms. The number of benzene rings is 1. The van der Waals surface area contributed by atoms with Crippen LogP contribution in [0.1, 0.15) is 12.0 Å². The number of carbonyl (C=O) groups excluding carboxylic acids is 1. The van der Waals surface area contributed by atoms with E-state index in [1.807, 2.05) is 18.2 Å². The van der Waals surface area contributed by atoms with Crippen molar-refractivity contribution < 1.29 is 9.53 Å². The van der Waals surface area contributed by atoms with Crippen molar-refractivity contribution in [2.75, 3.05) is 14.2 Å². The van der Waals surface area contributed by atoms with E-state index in [1.165, 1.54) is 0 Å².